The standard InChI is InChI=1S/C18H19F2N3O3/c1-18(25,14-3-2-12(19)7-15(14)20)10-22-17(24)23-13-6-11-9-26-5-4-16(11)21-8-13/h2-3,6-8,25H,4-5,9-10H2,1H3,(H2,22,23,24). The first kappa shape index (κ1) is 18.2. The van der Waals surface area contributed by atoms with Gasteiger partial charge in [-0.2, -0.15) is 0 Å². The molecule has 0 saturated carbocycles. The van der Waals surface area contributed by atoms with Gasteiger partial charge in [0.25, 0.3) is 0 Å². The Morgan fingerprint density at radius 3 is 2.96 bits per heavy atom. The summed E-state index contributed by atoms with van der Waals surface area (Å²) >= 11 is 0. The molecule has 1 atom stereocenters. The second kappa shape index (κ2) is 7.35. The molecule has 1 aromatic carbocycles. The molecule has 2 aromatic rings. The van der Waals surface area contributed by atoms with Gasteiger partial charge in [0.05, 0.1) is 31.6 Å². The van der Waals surface area contributed by atoms with E-state index in [0.29, 0.717) is 25.0 Å². The van der Waals surface area contributed by atoms with E-state index in [2.05, 4.69) is 15.6 Å². The van der Waals surface area contributed by atoms with Gasteiger partial charge in [-0.15, -0.1) is 0 Å². The predicted octanol–water partition coefficient (Wildman–Crippen LogP) is 2.46. The molecular weight excluding hydrogens is 344 g/mol. The van der Waals surface area contributed by atoms with E-state index >= 15 is 0 Å². The summed E-state index contributed by atoms with van der Waals surface area (Å²) in [6.07, 6.45) is 2.27. The zero-order chi connectivity index (χ0) is 18.7. The number of halogens is 2. The third-order valence-corrected chi connectivity index (χ3v) is 4.16. The average molecular weight is 363 g/mol. The van der Waals surface area contributed by atoms with Crippen LogP contribution >= 0.6 is 0 Å². The van der Waals surface area contributed by atoms with E-state index in [9.17, 15) is 18.7 Å². The Balaban J connectivity index is 1.61. The highest BCUT2D eigenvalue weighted by Gasteiger charge is 2.27. The molecule has 0 fully saturated rings. The number of hydrogen-bond acceptors (Lipinski definition) is 4. The second-order valence-corrected chi connectivity index (χ2v) is 6.34. The Morgan fingerprint density at radius 1 is 1.38 bits per heavy atom. The number of anilines is 1. The summed E-state index contributed by atoms with van der Waals surface area (Å²) in [4.78, 5) is 16.3. The van der Waals surface area contributed by atoms with Crippen molar-refractivity contribution in [2.45, 2.75) is 25.6 Å². The Bertz CT molecular complexity index is 827. The molecule has 2 heterocycles. The number of hydrogen-bond donors (Lipinski definition) is 3. The van der Waals surface area contributed by atoms with E-state index in [0.717, 1.165) is 29.8 Å². The van der Waals surface area contributed by atoms with Crippen LogP contribution in [0.2, 0.25) is 0 Å². The molecule has 1 aliphatic rings. The molecule has 0 saturated heterocycles. The number of amides is 2. The summed E-state index contributed by atoms with van der Waals surface area (Å²) in [7, 11) is 0. The molecular formula is C18H19F2N3O3. The van der Waals surface area contributed by atoms with Crippen molar-refractivity contribution in [2.24, 2.45) is 0 Å². The van der Waals surface area contributed by atoms with Crippen LogP contribution < -0.4 is 10.6 Å². The van der Waals surface area contributed by atoms with E-state index in [1.807, 2.05) is 0 Å². The highest BCUT2D eigenvalue weighted by Crippen LogP contribution is 2.23. The van der Waals surface area contributed by atoms with Gasteiger partial charge in [-0.1, -0.05) is 6.07 Å². The lowest BCUT2D eigenvalue weighted by Crippen LogP contribution is -2.41. The van der Waals surface area contributed by atoms with Gasteiger partial charge in [0.15, 0.2) is 0 Å². The largest absolute Gasteiger partial charge is 0.383 e. The van der Waals surface area contributed by atoms with E-state index < -0.39 is 23.3 Å². The van der Waals surface area contributed by atoms with Crippen LogP contribution in [0, 0.1) is 11.6 Å². The number of carbonyl (C=O) groups excluding carboxylic acids is 1. The van der Waals surface area contributed by atoms with Crippen molar-refractivity contribution < 1.29 is 23.4 Å². The van der Waals surface area contributed by atoms with Crippen LogP contribution in [-0.4, -0.2) is 29.3 Å². The van der Waals surface area contributed by atoms with Crippen LogP contribution in [0.15, 0.2) is 30.5 Å². The number of aromatic nitrogens is 1. The number of benzene rings is 1. The van der Waals surface area contributed by atoms with Crippen molar-refractivity contribution in [2.75, 3.05) is 18.5 Å². The van der Waals surface area contributed by atoms with Gasteiger partial charge in [0, 0.05) is 29.3 Å². The van der Waals surface area contributed by atoms with Crippen LogP contribution in [0.4, 0.5) is 19.3 Å². The Labute approximate surface area is 149 Å². The number of rotatable bonds is 4. The molecule has 1 aromatic heterocycles. The third-order valence-electron chi connectivity index (χ3n) is 4.16. The minimum Gasteiger partial charge on any atom is -0.383 e. The zero-order valence-electron chi connectivity index (χ0n) is 14.2. The lowest BCUT2D eigenvalue weighted by atomic mass is 9.95. The van der Waals surface area contributed by atoms with Crippen LogP contribution in [0.3, 0.4) is 0 Å². The van der Waals surface area contributed by atoms with Crippen molar-refractivity contribution in [3.05, 3.63) is 58.9 Å². The lowest BCUT2D eigenvalue weighted by molar-refractivity contribution is 0.0561. The number of urea groups is 1. The van der Waals surface area contributed by atoms with Gasteiger partial charge in [-0.25, -0.2) is 13.6 Å². The molecule has 138 valence electrons. The number of fused-ring (bicyclic) bond motifs is 1. The summed E-state index contributed by atoms with van der Waals surface area (Å²) in [6.45, 7) is 2.14. The first-order valence-electron chi connectivity index (χ1n) is 8.13. The number of aliphatic hydroxyl groups is 1. The van der Waals surface area contributed by atoms with Crippen molar-refractivity contribution in [1.82, 2.24) is 10.3 Å². The normalized spacial score (nSPS) is 15.7. The highest BCUT2D eigenvalue weighted by molar-refractivity contribution is 5.89. The molecule has 2 amide bonds. The summed E-state index contributed by atoms with van der Waals surface area (Å²) in [5.74, 6) is -1.62. The molecule has 0 spiro atoms. The van der Waals surface area contributed by atoms with Gasteiger partial charge in [-0.05, 0) is 19.1 Å². The fourth-order valence-electron chi connectivity index (χ4n) is 2.76. The van der Waals surface area contributed by atoms with Crippen molar-refractivity contribution in [1.29, 1.82) is 0 Å². The van der Waals surface area contributed by atoms with Crippen LogP contribution in [0.25, 0.3) is 0 Å². The highest BCUT2D eigenvalue weighted by atomic mass is 19.1. The fraction of sp³-hybridized carbons (Fsp3) is 0.333. The number of carbonyl (C=O) groups is 1. The van der Waals surface area contributed by atoms with Crippen molar-refractivity contribution >= 4 is 11.7 Å². The van der Waals surface area contributed by atoms with Crippen molar-refractivity contribution in [3.63, 3.8) is 0 Å². The van der Waals surface area contributed by atoms with Gasteiger partial charge in [-0.3, -0.25) is 4.98 Å². The Morgan fingerprint density at radius 2 is 2.19 bits per heavy atom. The molecule has 3 N–H and O–H groups in total. The topological polar surface area (TPSA) is 83.5 Å². The molecule has 3 rings (SSSR count). The van der Waals surface area contributed by atoms with Gasteiger partial charge < -0.3 is 20.5 Å². The summed E-state index contributed by atoms with van der Waals surface area (Å²) in [5.41, 5.74) is 0.536. The van der Waals surface area contributed by atoms with Gasteiger partial charge in [0.1, 0.15) is 17.2 Å². The van der Waals surface area contributed by atoms with Crippen molar-refractivity contribution in [3.8, 4) is 0 Å². The second-order valence-electron chi connectivity index (χ2n) is 6.34. The molecule has 1 unspecified atom stereocenters. The number of nitrogens with zero attached hydrogens (tertiary/aromatic N) is 1. The minimum atomic E-state index is -1.70. The summed E-state index contributed by atoms with van der Waals surface area (Å²) in [6, 6.07) is 4.08. The summed E-state index contributed by atoms with van der Waals surface area (Å²) in [5, 5.41) is 15.5. The van der Waals surface area contributed by atoms with Crippen LogP contribution in [0.1, 0.15) is 23.7 Å². The number of nitrogens with one attached hydrogen (secondary N) is 2. The number of pyridine rings is 1. The predicted molar refractivity (Wildman–Crippen MR) is 90.5 cm³/mol. The van der Waals surface area contributed by atoms with Gasteiger partial charge >= 0.3 is 6.03 Å². The molecule has 6 nitrogen and oxygen atoms in total. The van der Waals surface area contributed by atoms with Crippen LogP contribution in [0.5, 0.6) is 0 Å². The Kier molecular flexibility index (Phi) is 5.15. The quantitative estimate of drug-likeness (QED) is 0.779. The first-order chi connectivity index (χ1) is 12.3. The molecule has 26 heavy (non-hydrogen) atoms. The smallest absolute Gasteiger partial charge is 0.319 e. The maximum Gasteiger partial charge on any atom is 0.319 e. The maximum absolute atomic E-state index is 13.8. The van der Waals surface area contributed by atoms with E-state index in [-0.39, 0.29) is 12.1 Å². The SMILES string of the molecule is CC(O)(CNC(=O)Nc1cnc2c(c1)COCC2)c1ccc(F)cc1F. The molecule has 0 bridgehead atoms. The lowest BCUT2D eigenvalue weighted by Gasteiger charge is -2.25. The first-order valence-corrected chi connectivity index (χ1v) is 8.13. The molecule has 0 aliphatic carbocycles. The molecule has 8 heteroatoms. The fourth-order valence-corrected chi connectivity index (χ4v) is 2.76. The summed E-state index contributed by atoms with van der Waals surface area (Å²) < 4.78 is 32.2. The average Bonchev–Trinajstić information content (AvgIpc) is 2.60. The Hall–Kier alpha value is -2.58. The van der Waals surface area contributed by atoms with Gasteiger partial charge in [0.2, 0.25) is 0 Å². The maximum atomic E-state index is 13.8. The third kappa shape index (κ3) is 4.14. The molecule has 1 aliphatic heterocycles. The minimum absolute atomic E-state index is 0.105. The zero-order valence-corrected chi connectivity index (χ0v) is 14.2. The monoisotopic (exact) mass is 363 g/mol. The van der Waals surface area contributed by atoms with E-state index in [4.69, 9.17) is 4.74 Å². The van der Waals surface area contributed by atoms with Crippen LogP contribution in [-0.2, 0) is 23.4 Å². The van der Waals surface area contributed by atoms with E-state index in [1.54, 1.807) is 12.3 Å². The molecule has 0 radical (unpaired) electrons. The van der Waals surface area contributed by atoms with E-state index in [1.165, 1.54) is 6.92 Å². The number of ether oxygens (including phenoxy) is 1.